The lowest BCUT2D eigenvalue weighted by Crippen LogP contribution is -2.32. The van der Waals surface area contributed by atoms with Gasteiger partial charge in [-0.1, -0.05) is 12.1 Å². The van der Waals surface area contributed by atoms with Crippen LogP contribution in [0.5, 0.6) is 11.5 Å². The van der Waals surface area contributed by atoms with Gasteiger partial charge in [0.1, 0.15) is 11.5 Å². The number of benzene rings is 2. The van der Waals surface area contributed by atoms with E-state index in [4.69, 9.17) is 9.47 Å². The molecule has 6 heteroatoms. The van der Waals surface area contributed by atoms with E-state index in [1.807, 2.05) is 38.1 Å². The number of aryl methyl sites for hydroxylation is 2. The van der Waals surface area contributed by atoms with Gasteiger partial charge < -0.3 is 9.47 Å². The molecular formula is C20H25NO4S. The molecule has 0 aromatic heterocycles. The molecule has 0 radical (unpaired) electrons. The monoisotopic (exact) mass is 375 g/mol. The smallest absolute Gasteiger partial charge is 0.243 e. The highest BCUT2D eigenvalue weighted by molar-refractivity contribution is 7.89. The van der Waals surface area contributed by atoms with E-state index in [0.29, 0.717) is 11.4 Å². The van der Waals surface area contributed by atoms with Gasteiger partial charge in [-0.3, -0.25) is 0 Å². The van der Waals surface area contributed by atoms with Crippen LogP contribution in [0.15, 0.2) is 41.3 Å². The zero-order chi connectivity index (χ0) is 18.9. The average molecular weight is 375 g/mol. The molecule has 0 saturated heterocycles. The molecule has 3 rings (SSSR count). The first-order valence-corrected chi connectivity index (χ1v) is 10.1. The first-order chi connectivity index (χ1) is 12.4. The van der Waals surface area contributed by atoms with Crippen LogP contribution in [0.3, 0.4) is 0 Å². The largest absolute Gasteiger partial charge is 0.497 e. The molecule has 0 amide bonds. The highest BCUT2D eigenvalue weighted by atomic mass is 32.2. The molecule has 1 aliphatic rings. The normalized spacial score (nSPS) is 14.5. The number of ether oxygens (including phenoxy) is 2. The molecule has 1 saturated carbocycles. The molecule has 2 aromatic rings. The summed E-state index contributed by atoms with van der Waals surface area (Å²) in [6.45, 7) is 4.10. The summed E-state index contributed by atoms with van der Waals surface area (Å²) in [5.41, 5.74) is 2.60. The van der Waals surface area contributed by atoms with Gasteiger partial charge >= 0.3 is 0 Å². The van der Waals surface area contributed by atoms with E-state index in [1.165, 1.54) is 0 Å². The molecule has 26 heavy (non-hydrogen) atoms. The molecule has 0 atom stereocenters. The minimum absolute atomic E-state index is 0.0739. The van der Waals surface area contributed by atoms with Crippen molar-refractivity contribution in [1.29, 1.82) is 0 Å². The Labute approximate surface area is 155 Å². The lowest BCUT2D eigenvalue weighted by molar-refractivity contribution is 0.395. The van der Waals surface area contributed by atoms with Crippen LogP contribution in [-0.4, -0.2) is 33.0 Å². The number of hydrogen-bond donors (Lipinski definition) is 0. The Morgan fingerprint density at radius 1 is 1.00 bits per heavy atom. The van der Waals surface area contributed by atoms with Crippen LogP contribution in [0.2, 0.25) is 0 Å². The fraction of sp³-hybridized carbons (Fsp3) is 0.400. The van der Waals surface area contributed by atoms with Gasteiger partial charge in [0.25, 0.3) is 0 Å². The van der Waals surface area contributed by atoms with Crippen molar-refractivity contribution >= 4 is 10.0 Å². The Bertz CT molecular complexity index is 864. The number of nitrogens with zero attached hydrogens (tertiary/aromatic N) is 1. The Morgan fingerprint density at radius 3 is 2.04 bits per heavy atom. The second-order valence-corrected chi connectivity index (χ2v) is 8.61. The first kappa shape index (κ1) is 18.7. The molecule has 0 spiro atoms. The molecule has 0 aliphatic heterocycles. The number of rotatable bonds is 7. The summed E-state index contributed by atoms with van der Waals surface area (Å²) in [6.07, 6.45) is 1.81. The highest BCUT2D eigenvalue weighted by Crippen LogP contribution is 2.35. The standard InChI is InChI=1S/C20H25NO4S/c1-14-11-19(12-15(2)20(14)25-4)26(22,23)21(17-7-8-17)13-16-5-9-18(24-3)10-6-16/h5-6,9-12,17H,7-8,13H2,1-4H3. The third-order valence-corrected chi connectivity index (χ3v) is 6.57. The fourth-order valence-electron chi connectivity index (χ4n) is 3.20. The van der Waals surface area contributed by atoms with Gasteiger partial charge in [0.15, 0.2) is 0 Å². The summed E-state index contributed by atoms with van der Waals surface area (Å²) in [4.78, 5) is 0.328. The first-order valence-electron chi connectivity index (χ1n) is 8.67. The quantitative estimate of drug-likeness (QED) is 0.741. The lowest BCUT2D eigenvalue weighted by atomic mass is 10.1. The third kappa shape index (κ3) is 3.71. The van der Waals surface area contributed by atoms with Crippen molar-refractivity contribution in [3.05, 3.63) is 53.1 Å². The van der Waals surface area contributed by atoms with Crippen LogP contribution in [0.4, 0.5) is 0 Å². The van der Waals surface area contributed by atoms with Crippen LogP contribution < -0.4 is 9.47 Å². The molecule has 0 bridgehead atoms. The second-order valence-electron chi connectivity index (χ2n) is 6.72. The van der Waals surface area contributed by atoms with E-state index >= 15 is 0 Å². The summed E-state index contributed by atoms with van der Waals surface area (Å²) in [7, 11) is -0.359. The molecule has 0 heterocycles. The van der Waals surface area contributed by atoms with Gasteiger partial charge in [0.05, 0.1) is 19.1 Å². The second kappa shape index (κ2) is 7.29. The van der Waals surface area contributed by atoms with E-state index < -0.39 is 10.0 Å². The zero-order valence-corrected chi connectivity index (χ0v) is 16.5. The highest BCUT2D eigenvalue weighted by Gasteiger charge is 2.38. The predicted octanol–water partition coefficient (Wildman–Crippen LogP) is 3.67. The van der Waals surface area contributed by atoms with Crippen LogP contribution in [0, 0.1) is 13.8 Å². The summed E-state index contributed by atoms with van der Waals surface area (Å²) in [5, 5.41) is 0. The van der Waals surface area contributed by atoms with Crippen LogP contribution in [0.1, 0.15) is 29.5 Å². The molecule has 2 aromatic carbocycles. The van der Waals surface area contributed by atoms with Gasteiger partial charge in [-0.25, -0.2) is 8.42 Å². The Morgan fingerprint density at radius 2 is 1.58 bits per heavy atom. The number of methoxy groups -OCH3 is 2. The van der Waals surface area contributed by atoms with Crippen LogP contribution >= 0.6 is 0 Å². The van der Waals surface area contributed by atoms with Crippen molar-refractivity contribution < 1.29 is 17.9 Å². The van der Waals surface area contributed by atoms with E-state index in [-0.39, 0.29) is 6.04 Å². The van der Waals surface area contributed by atoms with Gasteiger partial charge in [-0.15, -0.1) is 0 Å². The summed E-state index contributed by atoms with van der Waals surface area (Å²) < 4.78 is 38.8. The number of hydrogen-bond acceptors (Lipinski definition) is 4. The lowest BCUT2D eigenvalue weighted by Gasteiger charge is -2.23. The minimum Gasteiger partial charge on any atom is -0.497 e. The average Bonchev–Trinajstić information content (AvgIpc) is 3.44. The van der Waals surface area contributed by atoms with Crippen molar-refractivity contribution in [3.63, 3.8) is 0 Å². The summed E-state index contributed by atoms with van der Waals surface area (Å²) >= 11 is 0. The van der Waals surface area contributed by atoms with Crippen molar-refractivity contribution in [2.75, 3.05) is 14.2 Å². The van der Waals surface area contributed by atoms with Gasteiger partial charge in [0.2, 0.25) is 10.0 Å². The maximum absolute atomic E-state index is 13.3. The van der Waals surface area contributed by atoms with Crippen molar-refractivity contribution in [2.45, 2.75) is 44.2 Å². The molecular weight excluding hydrogens is 350 g/mol. The van der Waals surface area contributed by atoms with Gasteiger partial charge in [0, 0.05) is 12.6 Å². The molecule has 1 aliphatic carbocycles. The van der Waals surface area contributed by atoms with E-state index in [2.05, 4.69) is 0 Å². The molecule has 5 nitrogen and oxygen atoms in total. The van der Waals surface area contributed by atoms with Crippen molar-refractivity contribution in [3.8, 4) is 11.5 Å². The maximum Gasteiger partial charge on any atom is 0.243 e. The Balaban J connectivity index is 1.93. The predicted molar refractivity (Wildman–Crippen MR) is 101 cm³/mol. The van der Waals surface area contributed by atoms with Crippen molar-refractivity contribution in [2.24, 2.45) is 0 Å². The molecule has 0 unspecified atom stereocenters. The van der Waals surface area contributed by atoms with Crippen molar-refractivity contribution in [1.82, 2.24) is 4.31 Å². The Hall–Kier alpha value is -2.05. The Kier molecular flexibility index (Phi) is 5.25. The minimum atomic E-state index is -3.58. The molecule has 1 fully saturated rings. The third-order valence-electron chi connectivity index (χ3n) is 4.70. The topological polar surface area (TPSA) is 55.8 Å². The fourth-order valence-corrected chi connectivity index (χ4v) is 5.05. The van der Waals surface area contributed by atoms with E-state index in [9.17, 15) is 8.42 Å². The summed E-state index contributed by atoms with van der Waals surface area (Å²) in [5.74, 6) is 1.49. The van der Waals surface area contributed by atoms with E-state index in [1.54, 1.807) is 30.7 Å². The zero-order valence-electron chi connectivity index (χ0n) is 15.7. The van der Waals surface area contributed by atoms with Crippen LogP contribution in [-0.2, 0) is 16.6 Å². The van der Waals surface area contributed by atoms with Crippen LogP contribution in [0.25, 0.3) is 0 Å². The molecule has 0 N–H and O–H groups in total. The van der Waals surface area contributed by atoms with E-state index in [0.717, 1.165) is 41.0 Å². The maximum atomic E-state index is 13.3. The molecule has 140 valence electrons. The summed E-state index contributed by atoms with van der Waals surface area (Å²) in [6, 6.07) is 11.0. The van der Waals surface area contributed by atoms with Gasteiger partial charge in [-0.2, -0.15) is 4.31 Å². The number of sulfonamides is 1. The SMILES string of the molecule is COc1ccc(CN(C2CC2)S(=O)(=O)c2cc(C)c(OC)c(C)c2)cc1. The van der Waals surface area contributed by atoms with Gasteiger partial charge in [-0.05, 0) is 67.6 Å².